The molecule has 0 atom stereocenters. The highest BCUT2D eigenvalue weighted by Crippen LogP contribution is 2.29. The Hall–Kier alpha value is -3.88. The lowest BCUT2D eigenvalue weighted by molar-refractivity contribution is -0.122. The maximum Gasteiger partial charge on any atom is 0.337 e. The number of imide groups is 2. The van der Waals surface area contributed by atoms with Crippen LogP contribution in [0, 0.1) is 0 Å². The third kappa shape index (κ3) is 4.01. The first kappa shape index (κ1) is 21.4. The molecule has 2 heterocycles. The summed E-state index contributed by atoms with van der Waals surface area (Å²) in [6.45, 7) is 0. The second kappa shape index (κ2) is 8.33. The number of aromatic carboxylic acids is 1. The molecule has 0 spiro atoms. The summed E-state index contributed by atoms with van der Waals surface area (Å²) < 4.78 is 5.67. The van der Waals surface area contributed by atoms with Gasteiger partial charge in [-0.2, -0.15) is 0 Å². The summed E-state index contributed by atoms with van der Waals surface area (Å²) in [5.41, 5.74) is 0.381. The Morgan fingerprint density at radius 2 is 1.72 bits per heavy atom. The molecule has 1 aliphatic rings. The molecule has 2 N–H and O–H groups in total. The predicted molar refractivity (Wildman–Crippen MR) is 117 cm³/mol. The maximum atomic E-state index is 12.9. The van der Waals surface area contributed by atoms with E-state index >= 15 is 0 Å². The fraction of sp³-hybridized carbons (Fsp3) is 0. The van der Waals surface area contributed by atoms with Gasteiger partial charge >= 0.3 is 12.0 Å². The van der Waals surface area contributed by atoms with Crippen LogP contribution in [-0.2, 0) is 9.59 Å². The number of carboxylic acid groups (broad SMARTS) is 1. The Balaban J connectivity index is 1.65. The molecule has 1 saturated heterocycles. The first-order valence-electron chi connectivity index (χ1n) is 9.04. The highest BCUT2D eigenvalue weighted by Gasteiger charge is 2.37. The molecular formula is C22H12Cl2N2O6. The molecule has 4 amide bonds. The molecule has 2 aromatic carbocycles. The van der Waals surface area contributed by atoms with Crippen molar-refractivity contribution >= 4 is 58.8 Å². The van der Waals surface area contributed by atoms with Gasteiger partial charge in [0.1, 0.15) is 17.1 Å². The van der Waals surface area contributed by atoms with Crippen molar-refractivity contribution in [2.24, 2.45) is 0 Å². The summed E-state index contributed by atoms with van der Waals surface area (Å²) in [6, 6.07) is 12.5. The van der Waals surface area contributed by atoms with Crippen molar-refractivity contribution in [3.63, 3.8) is 0 Å². The van der Waals surface area contributed by atoms with Crippen LogP contribution in [0.2, 0.25) is 10.0 Å². The van der Waals surface area contributed by atoms with E-state index in [1.165, 1.54) is 54.6 Å². The Bertz CT molecular complexity index is 1310. The number of halogens is 2. The van der Waals surface area contributed by atoms with E-state index in [0.717, 1.165) is 4.90 Å². The highest BCUT2D eigenvalue weighted by molar-refractivity contribution is 6.39. The number of urea groups is 1. The second-order valence-corrected chi connectivity index (χ2v) is 7.48. The summed E-state index contributed by atoms with van der Waals surface area (Å²) in [6.07, 6.45) is 1.21. The lowest BCUT2D eigenvalue weighted by Crippen LogP contribution is -2.54. The summed E-state index contributed by atoms with van der Waals surface area (Å²) in [7, 11) is 0. The van der Waals surface area contributed by atoms with Gasteiger partial charge in [-0.15, -0.1) is 0 Å². The summed E-state index contributed by atoms with van der Waals surface area (Å²) in [5, 5.41) is 11.7. The van der Waals surface area contributed by atoms with Crippen molar-refractivity contribution in [3.8, 4) is 11.3 Å². The van der Waals surface area contributed by atoms with Crippen molar-refractivity contribution in [3.05, 3.63) is 81.5 Å². The first-order chi connectivity index (χ1) is 15.2. The zero-order chi connectivity index (χ0) is 23.0. The summed E-state index contributed by atoms with van der Waals surface area (Å²) in [4.78, 5) is 49.3. The van der Waals surface area contributed by atoms with Gasteiger partial charge in [0.25, 0.3) is 11.8 Å². The van der Waals surface area contributed by atoms with Gasteiger partial charge in [-0.1, -0.05) is 29.3 Å². The van der Waals surface area contributed by atoms with Crippen LogP contribution in [0.5, 0.6) is 0 Å². The number of hydrogen-bond acceptors (Lipinski definition) is 5. The lowest BCUT2D eigenvalue weighted by Gasteiger charge is -2.26. The van der Waals surface area contributed by atoms with E-state index in [1.807, 2.05) is 0 Å². The first-order valence-corrected chi connectivity index (χ1v) is 9.80. The minimum absolute atomic E-state index is 0.0326. The Labute approximate surface area is 190 Å². The van der Waals surface area contributed by atoms with Gasteiger partial charge in [0.05, 0.1) is 16.3 Å². The van der Waals surface area contributed by atoms with Crippen LogP contribution >= 0.6 is 23.2 Å². The average Bonchev–Trinajstić information content (AvgIpc) is 3.21. The van der Waals surface area contributed by atoms with Crippen molar-refractivity contribution in [1.82, 2.24) is 5.32 Å². The van der Waals surface area contributed by atoms with E-state index in [2.05, 4.69) is 5.32 Å². The number of carbonyl (C=O) groups is 4. The van der Waals surface area contributed by atoms with Crippen molar-refractivity contribution in [2.45, 2.75) is 0 Å². The number of furan rings is 1. The Morgan fingerprint density at radius 3 is 2.38 bits per heavy atom. The molecule has 1 aromatic heterocycles. The molecule has 1 aliphatic heterocycles. The van der Waals surface area contributed by atoms with Gasteiger partial charge in [-0.05, 0) is 54.6 Å². The third-order valence-corrected chi connectivity index (χ3v) is 5.15. The lowest BCUT2D eigenvalue weighted by atomic mass is 10.1. The van der Waals surface area contributed by atoms with Crippen LogP contribution < -0.4 is 10.2 Å². The van der Waals surface area contributed by atoms with E-state index in [-0.39, 0.29) is 27.6 Å². The Morgan fingerprint density at radius 1 is 1.00 bits per heavy atom. The molecular weight excluding hydrogens is 459 g/mol. The molecule has 0 unspecified atom stereocenters. The zero-order valence-electron chi connectivity index (χ0n) is 16.0. The number of carbonyl (C=O) groups excluding carboxylic acids is 3. The van der Waals surface area contributed by atoms with Gasteiger partial charge in [-0.25, -0.2) is 14.5 Å². The fourth-order valence-electron chi connectivity index (χ4n) is 3.05. The molecule has 0 radical (unpaired) electrons. The van der Waals surface area contributed by atoms with Gasteiger partial charge in [-0.3, -0.25) is 14.9 Å². The van der Waals surface area contributed by atoms with Crippen LogP contribution in [0.25, 0.3) is 17.4 Å². The third-order valence-electron chi connectivity index (χ3n) is 4.58. The minimum atomic E-state index is -1.16. The molecule has 32 heavy (non-hydrogen) atoms. The number of nitrogens with zero attached hydrogens (tertiary/aromatic N) is 1. The standard InChI is InChI=1S/C22H12Cl2N2O6/c23-12-2-4-13(5-3-12)26-20(28)16(19(27)25-22(26)31)10-14-6-8-18(32-14)11-1-7-15(21(29)30)17(24)9-11/h1-10H,(H,29,30)(H,25,27,31)/b16-10-. The summed E-state index contributed by atoms with van der Waals surface area (Å²) >= 11 is 11.8. The molecule has 0 aliphatic carbocycles. The number of anilines is 1. The minimum Gasteiger partial charge on any atom is -0.478 e. The number of rotatable bonds is 4. The molecule has 8 nitrogen and oxygen atoms in total. The van der Waals surface area contributed by atoms with E-state index in [1.54, 1.807) is 6.07 Å². The van der Waals surface area contributed by atoms with Crippen LogP contribution in [0.15, 0.2) is 64.6 Å². The number of nitrogens with one attached hydrogen (secondary N) is 1. The van der Waals surface area contributed by atoms with Crippen molar-refractivity contribution in [2.75, 3.05) is 4.90 Å². The van der Waals surface area contributed by atoms with Crippen LogP contribution in [0.4, 0.5) is 10.5 Å². The quantitative estimate of drug-likeness (QED) is 0.424. The van der Waals surface area contributed by atoms with Gasteiger partial charge < -0.3 is 9.52 Å². The van der Waals surface area contributed by atoms with E-state index < -0.39 is 23.8 Å². The SMILES string of the molecule is O=C1NC(=O)N(c2ccc(Cl)cc2)C(=O)/C1=C\c1ccc(-c2ccc(C(=O)O)c(Cl)c2)o1. The van der Waals surface area contributed by atoms with E-state index in [9.17, 15) is 19.2 Å². The van der Waals surface area contributed by atoms with Gasteiger partial charge in [0.2, 0.25) is 0 Å². The number of hydrogen-bond donors (Lipinski definition) is 2. The number of barbiturate groups is 1. The molecule has 10 heteroatoms. The molecule has 160 valence electrons. The predicted octanol–water partition coefficient (Wildman–Crippen LogP) is 4.62. The summed E-state index contributed by atoms with van der Waals surface area (Å²) in [5.74, 6) is -2.34. The van der Waals surface area contributed by atoms with Crippen molar-refractivity contribution < 1.29 is 28.7 Å². The van der Waals surface area contributed by atoms with Crippen LogP contribution in [0.1, 0.15) is 16.1 Å². The van der Waals surface area contributed by atoms with E-state index in [0.29, 0.717) is 16.3 Å². The fourth-order valence-corrected chi connectivity index (χ4v) is 3.44. The average molecular weight is 471 g/mol. The van der Waals surface area contributed by atoms with Crippen LogP contribution in [-0.4, -0.2) is 28.9 Å². The number of amides is 4. The molecule has 1 fully saturated rings. The highest BCUT2D eigenvalue weighted by atomic mass is 35.5. The van der Waals surface area contributed by atoms with E-state index in [4.69, 9.17) is 32.7 Å². The molecule has 0 bridgehead atoms. The number of benzene rings is 2. The molecule has 0 saturated carbocycles. The van der Waals surface area contributed by atoms with Gasteiger partial charge in [0.15, 0.2) is 0 Å². The topological polar surface area (TPSA) is 117 Å². The number of carboxylic acids is 1. The second-order valence-electron chi connectivity index (χ2n) is 6.64. The van der Waals surface area contributed by atoms with Gasteiger partial charge in [0, 0.05) is 10.6 Å². The normalized spacial score (nSPS) is 15.2. The monoisotopic (exact) mass is 470 g/mol. The zero-order valence-corrected chi connectivity index (χ0v) is 17.5. The smallest absolute Gasteiger partial charge is 0.337 e. The maximum absolute atomic E-state index is 12.9. The van der Waals surface area contributed by atoms with Crippen LogP contribution in [0.3, 0.4) is 0 Å². The molecule has 3 aromatic rings. The molecule has 4 rings (SSSR count). The largest absolute Gasteiger partial charge is 0.478 e. The van der Waals surface area contributed by atoms with Crippen molar-refractivity contribution in [1.29, 1.82) is 0 Å². The Kier molecular flexibility index (Phi) is 5.56.